The minimum atomic E-state index is -0.402. The van der Waals surface area contributed by atoms with Crippen LogP contribution in [-0.2, 0) is 6.54 Å². The van der Waals surface area contributed by atoms with Gasteiger partial charge in [0, 0.05) is 25.2 Å². The number of nitrogens with zero attached hydrogens (tertiary/aromatic N) is 2. The van der Waals surface area contributed by atoms with Gasteiger partial charge in [0.1, 0.15) is 0 Å². The number of nitro groups is 1. The lowest BCUT2D eigenvalue weighted by atomic mass is 10.1. The first-order valence-corrected chi connectivity index (χ1v) is 7.68. The Bertz CT molecular complexity index is 602. The fourth-order valence-electron chi connectivity index (χ4n) is 2.28. The maximum atomic E-state index is 10.7. The molecule has 0 spiro atoms. The fourth-order valence-corrected chi connectivity index (χ4v) is 2.62. The van der Waals surface area contributed by atoms with Crippen LogP contribution in [0, 0.1) is 10.1 Å². The third-order valence-electron chi connectivity index (χ3n) is 3.58. The lowest BCUT2D eigenvalue weighted by Crippen LogP contribution is -2.26. The fraction of sp³-hybridized carbons (Fsp3) is 0.294. The number of nitro benzene ring substituents is 1. The lowest BCUT2D eigenvalue weighted by molar-refractivity contribution is -0.384. The molecular formula is C17H19ClN2O2. The normalized spacial score (nSPS) is 12.3. The van der Waals surface area contributed by atoms with Crippen LogP contribution < -0.4 is 0 Å². The van der Waals surface area contributed by atoms with E-state index in [1.165, 1.54) is 17.7 Å². The molecule has 1 atom stereocenters. The molecule has 0 heterocycles. The highest BCUT2D eigenvalue weighted by Gasteiger charge is 2.14. The van der Waals surface area contributed by atoms with Gasteiger partial charge < -0.3 is 0 Å². The van der Waals surface area contributed by atoms with Crippen LogP contribution in [0.2, 0.25) is 0 Å². The summed E-state index contributed by atoms with van der Waals surface area (Å²) < 4.78 is 0. The van der Waals surface area contributed by atoms with Crippen molar-refractivity contribution < 1.29 is 4.92 Å². The molecule has 1 unspecified atom stereocenters. The van der Waals surface area contributed by atoms with Gasteiger partial charge in [-0.05, 0) is 17.7 Å². The van der Waals surface area contributed by atoms with Crippen molar-refractivity contribution >= 4 is 17.3 Å². The Morgan fingerprint density at radius 2 is 1.77 bits per heavy atom. The van der Waals surface area contributed by atoms with E-state index in [0.717, 1.165) is 18.7 Å². The van der Waals surface area contributed by atoms with Gasteiger partial charge in [-0.2, -0.15) is 0 Å². The van der Waals surface area contributed by atoms with Crippen LogP contribution in [-0.4, -0.2) is 22.9 Å². The first-order chi connectivity index (χ1) is 10.6. The van der Waals surface area contributed by atoms with Crippen LogP contribution in [0.1, 0.15) is 23.4 Å². The molecule has 4 nitrogen and oxygen atoms in total. The molecule has 0 bridgehead atoms. The quantitative estimate of drug-likeness (QED) is 0.432. The van der Waals surface area contributed by atoms with Gasteiger partial charge in [0.05, 0.1) is 10.3 Å². The predicted octanol–water partition coefficient (Wildman–Crippen LogP) is 4.40. The van der Waals surface area contributed by atoms with E-state index >= 15 is 0 Å². The monoisotopic (exact) mass is 318 g/mol. The summed E-state index contributed by atoms with van der Waals surface area (Å²) in [4.78, 5) is 12.5. The topological polar surface area (TPSA) is 46.4 Å². The molecule has 0 aliphatic rings. The van der Waals surface area contributed by atoms with E-state index in [9.17, 15) is 10.1 Å². The highest BCUT2D eigenvalue weighted by atomic mass is 35.5. The molecule has 116 valence electrons. The van der Waals surface area contributed by atoms with E-state index in [-0.39, 0.29) is 11.1 Å². The number of hydrogen-bond donors (Lipinski definition) is 0. The maximum absolute atomic E-state index is 10.7. The largest absolute Gasteiger partial charge is 0.298 e. The van der Waals surface area contributed by atoms with Crippen molar-refractivity contribution in [2.75, 3.05) is 13.1 Å². The minimum Gasteiger partial charge on any atom is -0.298 e. The van der Waals surface area contributed by atoms with Crippen molar-refractivity contribution in [3.8, 4) is 0 Å². The summed E-state index contributed by atoms with van der Waals surface area (Å²) in [6, 6.07) is 16.7. The van der Waals surface area contributed by atoms with Crippen LogP contribution >= 0.6 is 11.6 Å². The summed E-state index contributed by atoms with van der Waals surface area (Å²) in [6.07, 6.45) is 0. The molecule has 2 rings (SSSR count). The van der Waals surface area contributed by atoms with Crippen LogP contribution in [0.15, 0.2) is 54.6 Å². The molecule has 2 aromatic carbocycles. The maximum Gasteiger partial charge on any atom is 0.269 e. The van der Waals surface area contributed by atoms with E-state index in [4.69, 9.17) is 11.6 Å². The Morgan fingerprint density at radius 3 is 2.32 bits per heavy atom. The number of likely N-dealkylation sites (N-methyl/N-ethyl adjacent to an activating group) is 1. The van der Waals surface area contributed by atoms with Crippen molar-refractivity contribution in [3.63, 3.8) is 0 Å². The zero-order valence-electron chi connectivity index (χ0n) is 12.5. The first-order valence-electron chi connectivity index (χ1n) is 7.25. The van der Waals surface area contributed by atoms with Crippen molar-refractivity contribution in [1.29, 1.82) is 0 Å². The van der Waals surface area contributed by atoms with Crippen LogP contribution in [0.4, 0.5) is 5.69 Å². The third-order valence-corrected chi connectivity index (χ3v) is 3.97. The Hall–Kier alpha value is -1.91. The second-order valence-electron chi connectivity index (χ2n) is 5.13. The molecule has 0 aliphatic carbocycles. The summed E-state index contributed by atoms with van der Waals surface area (Å²) in [5, 5.41) is 10.5. The van der Waals surface area contributed by atoms with E-state index in [2.05, 4.69) is 24.0 Å². The van der Waals surface area contributed by atoms with E-state index in [1.807, 2.05) is 18.2 Å². The van der Waals surface area contributed by atoms with Crippen LogP contribution in [0.5, 0.6) is 0 Å². The molecule has 5 heteroatoms. The van der Waals surface area contributed by atoms with Gasteiger partial charge in [-0.1, -0.05) is 49.4 Å². The SMILES string of the molecule is CCN(Cc1ccccc1)CC(Cl)c1ccc([N+](=O)[O-])cc1. The summed E-state index contributed by atoms with van der Waals surface area (Å²) >= 11 is 6.47. The van der Waals surface area contributed by atoms with Gasteiger partial charge in [-0.3, -0.25) is 15.0 Å². The molecule has 2 aromatic rings. The highest BCUT2D eigenvalue weighted by molar-refractivity contribution is 6.21. The summed E-state index contributed by atoms with van der Waals surface area (Å²) in [5.41, 5.74) is 2.24. The summed E-state index contributed by atoms with van der Waals surface area (Å²) in [5.74, 6) is 0. The molecule has 0 aliphatic heterocycles. The van der Waals surface area contributed by atoms with Gasteiger partial charge >= 0.3 is 0 Å². The summed E-state index contributed by atoms with van der Waals surface area (Å²) in [6.45, 7) is 4.53. The third kappa shape index (κ3) is 4.55. The Kier molecular flexibility index (Phi) is 5.92. The van der Waals surface area contributed by atoms with E-state index in [0.29, 0.717) is 6.54 Å². The standard InChI is InChI=1S/C17H19ClN2O2/c1-2-19(12-14-6-4-3-5-7-14)13-17(18)15-8-10-16(11-9-15)20(21)22/h3-11,17H,2,12-13H2,1H3. The number of hydrogen-bond acceptors (Lipinski definition) is 3. The Labute approximate surface area is 135 Å². The van der Waals surface area contributed by atoms with E-state index in [1.54, 1.807) is 12.1 Å². The molecule has 0 fully saturated rings. The Morgan fingerprint density at radius 1 is 1.14 bits per heavy atom. The van der Waals surface area contributed by atoms with Gasteiger partial charge in [-0.15, -0.1) is 11.6 Å². The zero-order chi connectivity index (χ0) is 15.9. The second kappa shape index (κ2) is 7.92. The number of non-ortho nitro benzene ring substituents is 1. The van der Waals surface area contributed by atoms with Gasteiger partial charge in [0.15, 0.2) is 0 Å². The molecular weight excluding hydrogens is 300 g/mol. The predicted molar refractivity (Wildman–Crippen MR) is 89.1 cm³/mol. The first kappa shape index (κ1) is 16.5. The lowest BCUT2D eigenvalue weighted by Gasteiger charge is -2.23. The van der Waals surface area contributed by atoms with Crippen molar-refractivity contribution in [1.82, 2.24) is 4.90 Å². The number of alkyl halides is 1. The van der Waals surface area contributed by atoms with Gasteiger partial charge in [0.25, 0.3) is 5.69 Å². The van der Waals surface area contributed by atoms with Crippen LogP contribution in [0.25, 0.3) is 0 Å². The average molecular weight is 319 g/mol. The number of halogens is 1. The average Bonchev–Trinajstić information content (AvgIpc) is 2.55. The molecule has 0 radical (unpaired) electrons. The smallest absolute Gasteiger partial charge is 0.269 e. The minimum absolute atomic E-state index is 0.0873. The summed E-state index contributed by atoms with van der Waals surface area (Å²) in [7, 11) is 0. The van der Waals surface area contributed by atoms with Gasteiger partial charge in [0.2, 0.25) is 0 Å². The Balaban J connectivity index is 1.99. The molecule has 22 heavy (non-hydrogen) atoms. The highest BCUT2D eigenvalue weighted by Crippen LogP contribution is 2.24. The second-order valence-corrected chi connectivity index (χ2v) is 5.66. The van der Waals surface area contributed by atoms with Crippen LogP contribution in [0.3, 0.4) is 0 Å². The molecule has 0 aromatic heterocycles. The number of rotatable bonds is 7. The molecule has 0 amide bonds. The van der Waals surface area contributed by atoms with Gasteiger partial charge in [-0.25, -0.2) is 0 Å². The number of benzene rings is 2. The zero-order valence-corrected chi connectivity index (χ0v) is 13.2. The van der Waals surface area contributed by atoms with E-state index < -0.39 is 4.92 Å². The van der Waals surface area contributed by atoms with Crippen molar-refractivity contribution in [3.05, 3.63) is 75.8 Å². The molecule has 0 saturated carbocycles. The van der Waals surface area contributed by atoms with Crippen molar-refractivity contribution in [2.24, 2.45) is 0 Å². The van der Waals surface area contributed by atoms with Crippen molar-refractivity contribution in [2.45, 2.75) is 18.8 Å². The molecule has 0 N–H and O–H groups in total. The molecule has 0 saturated heterocycles.